The van der Waals surface area contributed by atoms with Crippen LogP contribution in [0, 0.1) is 0 Å². The van der Waals surface area contributed by atoms with Gasteiger partial charge in [0.15, 0.2) is 0 Å². The number of hydrogen-bond donors (Lipinski definition) is 0. The van der Waals surface area contributed by atoms with E-state index in [9.17, 15) is 4.79 Å². The number of hydrazone groups is 1. The number of rotatable bonds is 3. The fourth-order valence-electron chi connectivity index (χ4n) is 2.90. The molecule has 0 N–H and O–H groups in total. The second-order valence-corrected chi connectivity index (χ2v) is 6.73. The van der Waals surface area contributed by atoms with Gasteiger partial charge in [0.05, 0.1) is 17.9 Å². The molecule has 0 radical (unpaired) electrons. The van der Waals surface area contributed by atoms with Gasteiger partial charge in [-0.2, -0.15) is 10.1 Å². The van der Waals surface area contributed by atoms with E-state index in [2.05, 4.69) is 21.0 Å². The molecule has 5 heteroatoms. The molecule has 4 nitrogen and oxygen atoms in total. The zero-order valence-electron chi connectivity index (χ0n) is 13.9. The molecule has 0 saturated heterocycles. The van der Waals surface area contributed by atoms with E-state index in [1.807, 2.05) is 84.9 Å². The maximum atomic E-state index is 13.2. The maximum absolute atomic E-state index is 13.2. The van der Waals surface area contributed by atoms with Gasteiger partial charge in [-0.1, -0.05) is 60.7 Å². The van der Waals surface area contributed by atoms with E-state index in [-0.39, 0.29) is 6.03 Å². The van der Waals surface area contributed by atoms with Crippen molar-refractivity contribution in [3.63, 3.8) is 0 Å². The molecule has 2 amide bonds. The highest BCUT2D eigenvalue weighted by Crippen LogP contribution is 2.30. The average molecular weight is 406 g/mol. The van der Waals surface area contributed by atoms with Crippen LogP contribution in [0.4, 0.5) is 16.2 Å². The van der Waals surface area contributed by atoms with Gasteiger partial charge in [-0.15, -0.1) is 0 Å². The Balaban J connectivity index is 1.83. The van der Waals surface area contributed by atoms with Crippen LogP contribution in [-0.2, 0) is 0 Å². The normalized spacial score (nSPS) is 14.3. The first-order valence-corrected chi connectivity index (χ1v) is 9.07. The Morgan fingerprint density at radius 1 is 0.808 bits per heavy atom. The van der Waals surface area contributed by atoms with Crippen LogP contribution in [0.3, 0.4) is 0 Å². The third-order valence-corrected chi connectivity index (χ3v) is 4.87. The lowest BCUT2D eigenvalue weighted by molar-refractivity contribution is 0.251. The largest absolute Gasteiger partial charge is 0.350 e. The van der Waals surface area contributed by atoms with E-state index >= 15 is 0 Å². The standard InChI is InChI=1S/C21H16BrN3O/c22-18-13-7-8-14-20(18)25-21(26)24(17-11-5-2-6-12-17)15-19(23-25)16-9-3-1-4-10-16/h1-14H,15H2. The van der Waals surface area contributed by atoms with Crippen molar-refractivity contribution in [2.75, 3.05) is 16.5 Å². The summed E-state index contributed by atoms with van der Waals surface area (Å²) in [5.74, 6) is 0. The van der Waals surface area contributed by atoms with Gasteiger partial charge in [0.2, 0.25) is 0 Å². The van der Waals surface area contributed by atoms with Crippen molar-refractivity contribution in [1.29, 1.82) is 0 Å². The lowest BCUT2D eigenvalue weighted by Gasteiger charge is -2.33. The number of para-hydroxylation sites is 2. The summed E-state index contributed by atoms with van der Waals surface area (Å²) < 4.78 is 0.819. The Morgan fingerprint density at radius 3 is 2.12 bits per heavy atom. The van der Waals surface area contributed by atoms with Crippen molar-refractivity contribution in [2.45, 2.75) is 0 Å². The first kappa shape index (κ1) is 16.5. The molecule has 0 bridgehead atoms. The van der Waals surface area contributed by atoms with Gasteiger partial charge >= 0.3 is 6.03 Å². The summed E-state index contributed by atoms with van der Waals surface area (Å²) in [5, 5.41) is 6.13. The third kappa shape index (κ3) is 3.13. The molecular formula is C21H16BrN3O. The van der Waals surface area contributed by atoms with Crippen molar-refractivity contribution in [3.05, 3.63) is 95.0 Å². The van der Waals surface area contributed by atoms with Crippen LogP contribution in [-0.4, -0.2) is 18.3 Å². The molecule has 3 aromatic rings. The molecule has 0 atom stereocenters. The minimum absolute atomic E-state index is 0.178. The van der Waals surface area contributed by atoms with E-state index in [4.69, 9.17) is 0 Å². The predicted molar refractivity (Wildman–Crippen MR) is 109 cm³/mol. The second-order valence-electron chi connectivity index (χ2n) is 5.88. The van der Waals surface area contributed by atoms with Gasteiger partial charge in [-0.25, -0.2) is 4.79 Å². The summed E-state index contributed by atoms with van der Waals surface area (Å²) in [7, 11) is 0. The Kier molecular flexibility index (Phi) is 4.54. The summed E-state index contributed by atoms with van der Waals surface area (Å²) >= 11 is 3.53. The molecule has 0 spiro atoms. The second kappa shape index (κ2) is 7.14. The fourth-order valence-corrected chi connectivity index (χ4v) is 3.35. The van der Waals surface area contributed by atoms with Crippen LogP contribution in [0.1, 0.15) is 5.56 Å². The number of benzene rings is 3. The summed E-state index contributed by atoms with van der Waals surface area (Å²) in [6.45, 7) is 0.424. The van der Waals surface area contributed by atoms with E-state index in [1.54, 1.807) is 4.90 Å². The van der Waals surface area contributed by atoms with Gasteiger partial charge in [0, 0.05) is 10.2 Å². The fraction of sp³-hybridized carbons (Fsp3) is 0.0476. The van der Waals surface area contributed by atoms with Crippen molar-refractivity contribution in [1.82, 2.24) is 0 Å². The van der Waals surface area contributed by atoms with Gasteiger partial charge in [0.25, 0.3) is 0 Å². The van der Waals surface area contributed by atoms with Crippen LogP contribution in [0.25, 0.3) is 0 Å². The molecule has 26 heavy (non-hydrogen) atoms. The lowest BCUT2D eigenvalue weighted by Crippen LogP contribution is -2.49. The number of carbonyl (C=O) groups excluding carboxylic acids is 1. The molecule has 0 aromatic heterocycles. The zero-order chi connectivity index (χ0) is 17.9. The van der Waals surface area contributed by atoms with E-state index in [0.29, 0.717) is 12.2 Å². The number of hydrogen-bond acceptors (Lipinski definition) is 2. The van der Waals surface area contributed by atoms with Crippen molar-refractivity contribution < 1.29 is 4.79 Å². The van der Waals surface area contributed by atoms with Crippen LogP contribution in [0.5, 0.6) is 0 Å². The Morgan fingerprint density at radius 2 is 1.42 bits per heavy atom. The monoisotopic (exact) mass is 405 g/mol. The SMILES string of the molecule is O=C1N(c2ccccc2)CC(c2ccccc2)=NN1c1ccccc1Br. The van der Waals surface area contributed by atoms with Gasteiger partial charge in [-0.05, 0) is 45.8 Å². The Hall–Kier alpha value is -2.92. The summed E-state index contributed by atoms with van der Waals surface area (Å²) in [6.07, 6.45) is 0. The van der Waals surface area contributed by atoms with Crippen LogP contribution in [0.2, 0.25) is 0 Å². The molecular weight excluding hydrogens is 390 g/mol. The quantitative estimate of drug-likeness (QED) is 0.582. The molecule has 0 fully saturated rings. The Labute approximate surface area is 160 Å². The molecule has 1 aliphatic heterocycles. The minimum atomic E-state index is -0.178. The maximum Gasteiger partial charge on any atom is 0.350 e. The highest BCUT2D eigenvalue weighted by Gasteiger charge is 2.31. The number of halogens is 1. The topological polar surface area (TPSA) is 35.9 Å². The number of nitrogens with zero attached hydrogens (tertiary/aromatic N) is 3. The molecule has 1 heterocycles. The highest BCUT2D eigenvalue weighted by atomic mass is 79.9. The van der Waals surface area contributed by atoms with E-state index in [0.717, 1.165) is 21.4 Å². The predicted octanol–water partition coefficient (Wildman–Crippen LogP) is 5.30. The minimum Gasteiger partial charge on any atom is -0.286 e. The number of carbonyl (C=O) groups is 1. The molecule has 4 rings (SSSR count). The molecule has 3 aromatic carbocycles. The lowest BCUT2D eigenvalue weighted by atomic mass is 10.1. The molecule has 0 unspecified atom stereocenters. The van der Waals surface area contributed by atoms with Gasteiger partial charge in [0.1, 0.15) is 0 Å². The highest BCUT2D eigenvalue weighted by molar-refractivity contribution is 9.10. The van der Waals surface area contributed by atoms with Crippen molar-refractivity contribution in [2.24, 2.45) is 5.10 Å². The third-order valence-electron chi connectivity index (χ3n) is 4.20. The molecule has 0 saturated carbocycles. The van der Waals surface area contributed by atoms with Gasteiger partial charge in [-0.3, -0.25) is 4.90 Å². The first-order chi connectivity index (χ1) is 12.7. The first-order valence-electron chi connectivity index (χ1n) is 8.28. The average Bonchev–Trinajstić information content (AvgIpc) is 2.70. The number of urea groups is 1. The summed E-state index contributed by atoms with van der Waals surface area (Å²) in [6, 6.07) is 27.0. The van der Waals surface area contributed by atoms with E-state index in [1.165, 1.54) is 5.01 Å². The summed E-state index contributed by atoms with van der Waals surface area (Å²) in [4.78, 5) is 14.9. The van der Waals surface area contributed by atoms with Gasteiger partial charge < -0.3 is 0 Å². The molecule has 1 aliphatic rings. The van der Waals surface area contributed by atoms with Crippen molar-refractivity contribution >= 4 is 39.0 Å². The smallest absolute Gasteiger partial charge is 0.286 e. The van der Waals surface area contributed by atoms with Crippen LogP contribution >= 0.6 is 15.9 Å². The van der Waals surface area contributed by atoms with Crippen molar-refractivity contribution in [3.8, 4) is 0 Å². The zero-order valence-corrected chi connectivity index (χ0v) is 15.5. The summed E-state index contributed by atoms with van der Waals surface area (Å²) in [5.41, 5.74) is 3.40. The Bertz CT molecular complexity index is 957. The molecule has 128 valence electrons. The number of anilines is 2. The molecule has 0 aliphatic carbocycles. The van der Waals surface area contributed by atoms with Crippen LogP contribution < -0.4 is 9.91 Å². The van der Waals surface area contributed by atoms with Crippen LogP contribution in [0.15, 0.2) is 94.5 Å². The van der Waals surface area contributed by atoms with E-state index < -0.39 is 0 Å². The number of amides is 2.